The van der Waals surface area contributed by atoms with Gasteiger partial charge in [0.05, 0.1) is 30.6 Å². The van der Waals surface area contributed by atoms with Crippen LogP contribution < -0.4 is 4.74 Å². The summed E-state index contributed by atoms with van der Waals surface area (Å²) in [6, 6.07) is 5.85. The van der Waals surface area contributed by atoms with Crippen LogP contribution in [0.1, 0.15) is 22.8 Å². The fourth-order valence-corrected chi connectivity index (χ4v) is 3.45. The van der Waals surface area contributed by atoms with E-state index in [1.165, 1.54) is 6.33 Å². The summed E-state index contributed by atoms with van der Waals surface area (Å²) < 4.78 is 14.8. The highest BCUT2D eigenvalue weighted by Crippen LogP contribution is 2.34. The fourth-order valence-electron chi connectivity index (χ4n) is 3.45. The topological polar surface area (TPSA) is 92.8 Å². The molecule has 9 nitrogen and oxygen atoms in total. The van der Waals surface area contributed by atoms with Gasteiger partial charge in [0.2, 0.25) is 0 Å². The largest absolute Gasteiger partial charge is 0.497 e. The van der Waals surface area contributed by atoms with Crippen molar-refractivity contribution >= 4 is 0 Å². The minimum atomic E-state index is 0.350. The quantitative estimate of drug-likeness (QED) is 0.427. The van der Waals surface area contributed by atoms with E-state index in [4.69, 9.17) is 9.47 Å². The van der Waals surface area contributed by atoms with Gasteiger partial charge < -0.3 is 14.0 Å². The highest BCUT2D eigenvalue weighted by atomic mass is 16.5. The second kappa shape index (κ2) is 7.42. The predicted molar refractivity (Wildman–Crippen MR) is 107 cm³/mol. The summed E-state index contributed by atoms with van der Waals surface area (Å²) in [6.07, 6.45) is 6.60. The third-order valence-corrected chi connectivity index (χ3v) is 4.87. The third kappa shape index (κ3) is 3.00. The van der Waals surface area contributed by atoms with Gasteiger partial charge in [0.1, 0.15) is 30.7 Å². The number of methoxy groups -OCH3 is 2. The zero-order valence-electron chi connectivity index (χ0n) is 16.4. The Bertz CT molecular complexity index is 1280. The molecule has 0 spiro atoms. The maximum absolute atomic E-state index is 5.43. The minimum Gasteiger partial charge on any atom is -0.497 e. The Labute approximate surface area is 172 Å². The van der Waals surface area contributed by atoms with Crippen LogP contribution in [0.25, 0.3) is 17.1 Å². The van der Waals surface area contributed by atoms with Crippen molar-refractivity contribution in [3.05, 3.63) is 66.0 Å². The second-order valence-electron chi connectivity index (χ2n) is 6.63. The van der Waals surface area contributed by atoms with Gasteiger partial charge in [-0.1, -0.05) is 5.92 Å². The summed E-state index contributed by atoms with van der Waals surface area (Å²) >= 11 is 0. The predicted octanol–water partition coefficient (Wildman–Crippen LogP) is 1.84. The third-order valence-electron chi connectivity index (χ3n) is 4.87. The van der Waals surface area contributed by atoms with Crippen LogP contribution in [0.4, 0.5) is 0 Å². The smallest absolute Gasteiger partial charge is 0.166 e. The first-order valence-corrected chi connectivity index (χ1v) is 9.21. The summed E-state index contributed by atoms with van der Waals surface area (Å²) in [5, 5.41) is 8.76. The van der Waals surface area contributed by atoms with Gasteiger partial charge in [-0.3, -0.25) is 4.57 Å². The van der Waals surface area contributed by atoms with Crippen molar-refractivity contribution in [2.45, 2.75) is 13.2 Å². The number of hydrogen-bond donors (Lipinski definition) is 0. The molecule has 0 N–H and O–H groups in total. The van der Waals surface area contributed by atoms with E-state index in [0.717, 1.165) is 39.9 Å². The van der Waals surface area contributed by atoms with Gasteiger partial charge in [0.25, 0.3) is 0 Å². The van der Waals surface area contributed by atoms with E-state index >= 15 is 0 Å². The van der Waals surface area contributed by atoms with E-state index in [2.05, 4.69) is 37.0 Å². The lowest BCUT2D eigenvalue weighted by Crippen LogP contribution is -2.09. The van der Waals surface area contributed by atoms with Crippen molar-refractivity contribution in [3.8, 4) is 34.7 Å². The van der Waals surface area contributed by atoms with Crippen LogP contribution in [0.3, 0.4) is 0 Å². The number of rotatable bonds is 3. The van der Waals surface area contributed by atoms with Gasteiger partial charge in [-0.2, -0.15) is 0 Å². The average molecular weight is 399 g/mol. The number of ether oxygens (including phenoxy) is 2. The Morgan fingerprint density at radius 2 is 1.97 bits per heavy atom. The molecule has 4 heterocycles. The molecule has 4 aromatic rings. The molecule has 1 aliphatic heterocycles. The highest BCUT2D eigenvalue weighted by molar-refractivity contribution is 5.71. The lowest BCUT2D eigenvalue weighted by molar-refractivity contribution is 0.174. The maximum Gasteiger partial charge on any atom is 0.166 e. The monoisotopic (exact) mass is 399 g/mol. The van der Waals surface area contributed by atoms with Crippen LogP contribution in [0.5, 0.6) is 5.75 Å². The Hall–Kier alpha value is -4.03. The molecule has 0 saturated carbocycles. The van der Waals surface area contributed by atoms with Gasteiger partial charge in [-0.25, -0.2) is 15.0 Å². The minimum absolute atomic E-state index is 0.350. The lowest BCUT2D eigenvalue weighted by atomic mass is 10.1. The molecule has 0 aliphatic carbocycles. The SMILES string of the molecule is COCc1nnc2n1Cc1c(C#Cc3cncnc3)ncn1-c1ccc(OC)cc1-2. The van der Waals surface area contributed by atoms with Gasteiger partial charge in [-0.15, -0.1) is 10.2 Å². The second-order valence-corrected chi connectivity index (χ2v) is 6.63. The number of benzene rings is 1. The first kappa shape index (κ1) is 18.0. The fraction of sp³-hybridized carbons (Fsp3) is 0.190. The Morgan fingerprint density at radius 3 is 2.77 bits per heavy atom. The van der Waals surface area contributed by atoms with Gasteiger partial charge in [0.15, 0.2) is 11.6 Å². The normalized spacial score (nSPS) is 11.5. The standard InChI is InChI=1S/C21H17N7O2/c1-29-11-20-25-26-21-16-7-15(30-2)4-6-18(16)28-13-24-17(19(28)10-27(20)21)5-3-14-8-22-12-23-9-14/h4,6-9,12-13H,10-11H2,1-2H3. The molecular weight excluding hydrogens is 382 g/mol. The molecular formula is C21H17N7O2. The van der Waals surface area contributed by atoms with Gasteiger partial charge in [0, 0.05) is 25.1 Å². The van der Waals surface area contributed by atoms with E-state index in [0.29, 0.717) is 18.8 Å². The van der Waals surface area contributed by atoms with E-state index in [9.17, 15) is 0 Å². The van der Waals surface area contributed by atoms with Crippen LogP contribution >= 0.6 is 0 Å². The first-order chi connectivity index (χ1) is 14.8. The molecule has 0 radical (unpaired) electrons. The molecule has 0 atom stereocenters. The molecule has 1 aromatic carbocycles. The Kier molecular flexibility index (Phi) is 4.46. The molecule has 1 aliphatic rings. The van der Waals surface area contributed by atoms with Crippen LogP contribution in [-0.2, 0) is 17.9 Å². The Morgan fingerprint density at radius 1 is 1.10 bits per heavy atom. The summed E-state index contributed by atoms with van der Waals surface area (Å²) in [4.78, 5) is 12.6. The first-order valence-electron chi connectivity index (χ1n) is 9.21. The van der Waals surface area contributed by atoms with Crippen LogP contribution in [0.2, 0.25) is 0 Å². The van der Waals surface area contributed by atoms with Crippen molar-refractivity contribution < 1.29 is 9.47 Å². The molecule has 0 amide bonds. The number of hydrogen-bond acceptors (Lipinski definition) is 7. The van der Waals surface area contributed by atoms with Crippen LogP contribution in [0.15, 0.2) is 43.2 Å². The number of imidazole rings is 1. The maximum atomic E-state index is 5.43. The van der Waals surface area contributed by atoms with E-state index in [-0.39, 0.29) is 0 Å². The lowest BCUT2D eigenvalue weighted by Gasteiger charge is -2.09. The zero-order chi connectivity index (χ0) is 20.5. The molecule has 9 heteroatoms. The summed E-state index contributed by atoms with van der Waals surface area (Å²) in [5.74, 6) is 8.45. The van der Waals surface area contributed by atoms with E-state index < -0.39 is 0 Å². The molecule has 148 valence electrons. The van der Waals surface area contributed by atoms with Crippen molar-refractivity contribution in [2.75, 3.05) is 14.2 Å². The summed E-state index contributed by atoms with van der Waals surface area (Å²) in [7, 11) is 3.28. The van der Waals surface area contributed by atoms with Crippen molar-refractivity contribution in [2.24, 2.45) is 0 Å². The molecule has 5 rings (SSSR count). The molecule has 0 saturated heterocycles. The number of fused-ring (bicyclic) bond motifs is 5. The number of aromatic nitrogens is 7. The van der Waals surface area contributed by atoms with Gasteiger partial charge in [-0.05, 0) is 24.1 Å². The average Bonchev–Trinajstić information content (AvgIpc) is 3.34. The molecule has 0 unspecified atom stereocenters. The van der Waals surface area contributed by atoms with Crippen LogP contribution in [-0.4, -0.2) is 48.5 Å². The summed E-state index contributed by atoms with van der Waals surface area (Å²) in [5.41, 5.74) is 4.16. The molecule has 3 aromatic heterocycles. The molecule has 0 fully saturated rings. The van der Waals surface area contributed by atoms with Crippen molar-refractivity contribution in [1.29, 1.82) is 0 Å². The van der Waals surface area contributed by atoms with E-state index in [1.54, 1.807) is 32.9 Å². The Balaban J connectivity index is 1.70. The summed E-state index contributed by atoms with van der Waals surface area (Å²) in [6.45, 7) is 0.857. The van der Waals surface area contributed by atoms with Crippen LogP contribution in [0, 0.1) is 11.8 Å². The zero-order valence-corrected chi connectivity index (χ0v) is 16.4. The van der Waals surface area contributed by atoms with Gasteiger partial charge >= 0.3 is 0 Å². The molecule has 0 bridgehead atoms. The number of nitrogens with zero attached hydrogens (tertiary/aromatic N) is 7. The highest BCUT2D eigenvalue weighted by Gasteiger charge is 2.25. The van der Waals surface area contributed by atoms with Crippen molar-refractivity contribution in [1.82, 2.24) is 34.3 Å². The van der Waals surface area contributed by atoms with Crippen molar-refractivity contribution in [3.63, 3.8) is 0 Å². The molecule has 30 heavy (non-hydrogen) atoms. The van der Waals surface area contributed by atoms with E-state index in [1.807, 2.05) is 27.3 Å².